The minimum absolute atomic E-state index is 0.0641. The van der Waals surface area contributed by atoms with E-state index in [0.29, 0.717) is 30.7 Å². The molecule has 0 spiro atoms. The van der Waals surface area contributed by atoms with Crippen LogP contribution < -0.4 is 15.4 Å². The number of carbonyl (C=O) groups is 1. The van der Waals surface area contributed by atoms with E-state index in [4.69, 9.17) is 16.3 Å². The molecule has 1 heterocycles. The number of rotatable bonds is 4. The van der Waals surface area contributed by atoms with Gasteiger partial charge < -0.3 is 15.4 Å². The molecule has 0 aliphatic heterocycles. The van der Waals surface area contributed by atoms with Crippen molar-refractivity contribution in [1.29, 1.82) is 0 Å². The molecule has 1 aliphatic rings. The molecule has 3 rings (SSSR count). The highest BCUT2D eigenvalue weighted by atomic mass is 35.5. The lowest BCUT2D eigenvalue weighted by Crippen LogP contribution is -2.41. The van der Waals surface area contributed by atoms with Crippen LogP contribution in [0.2, 0.25) is 5.02 Å². The highest BCUT2D eigenvalue weighted by Gasteiger charge is 2.30. The second-order valence-electron chi connectivity index (χ2n) is 6.45. The summed E-state index contributed by atoms with van der Waals surface area (Å²) < 4.78 is 43.9. The van der Waals surface area contributed by atoms with Crippen molar-refractivity contribution in [3.8, 4) is 6.01 Å². The average Bonchev–Trinajstić information content (AvgIpc) is 2.65. The molecule has 0 radical (unpaired) electrons. The zero-order chi connectivity index (χ0) is 20.1. The Hall–Kier alpha value is -2.55. The fourth-order valence-corrected chi connectivity index (χ4v) is 3.06. The first-order chi connectivity index (χ1) is 13.3. The number of aromatic nitrogens is 2. The third kappa shape index (κ3) is 5.72. The number of amides is 2. The molecule has 1 aromatic carbocycles. The summed E-state index contributed by atoms with van der Waals surface area (Å²) in [5, 5.41) is 5.65. The van der Waals surface area contributed by atoms with Gasteiger partial charge in [-0.3, -0.25) is 0 Å². The molecule has 1 aromatic heterocycles. The van der Waals surface area contributed by atoms with Crippen molar-refractivity contribution in [2.24, 2.45) is 0 Å². The normalized spacial score (nSPS) is 19.7. The molecular weight excluding hydrogens is 397 g/mol. The van der Waals surface area contributed by atoms with E-state index < -0.39 is 17.8 Å². The first-order valence-electron chi connectivity index (χ1n) is 8.68. The maximum atomic E-state index is 12.7. The van der Waals surface area contributed by atoms with Crippen LogP contribution in [0.5, 0.6) is 6.01 Å². The Morgan fingerprint density at radius 2 is 1.82 bits per heavy atom. The number of nitrogens with one attached hydrogen (secondary N) is 2. The van der Waals surface area contributed by atoms with E-state index in [2.05, 4.69) is 20.6 Å². The highest BCUT2D eigenvalue weighted by molar-refractivity contribution is 6.30. The van der Waals surface area contributed by atoms with E-state index in [1.165, 1.54) is 24.5 Å². The van der Waals surface area contributed by atoms with E-state index in [-0.39, 0.29) is 23.8 Å². The van der Waals surface area contributed by atoms with E-state index in [1.54, 1.807) is 0 Å². The van der Waals surface area contributed by atoms with Gasteiger partial charge in [-0.1, -0.05) is 17.7 Å². The second kappa shape index (κ2) is 8.64. The molecule has 10 heteroatoms. The molecule has 0 saturated heterocycles. The highest BCUT2D eigenvalue weighted by Crippen LogP contribution is 2.30. The second-order valence-corrected chi connectivity index (χ2v) is 6.89. The van der Waals surface area contributed by atoms with Crippen molar-refractivity contribution in [1.82, 2.24) is 15.3 Å². The number of anilines is 1. The van der Waals surface area contributed by atoms with Crippen LogP contribution in [0.15, 0.2) is 36.7 Å². The number of hydrogen-bond donors (Lipinski definition) is 2. The average molecular weight is 415 g/mol. The smallest absolute Gasteiger partial charge is 0.416 e. The summed E-state index contributed by atoms with van der Waals surface area (Å²) in [5.41, 5.74) is -0.725. The number of urea groups is 1. The van der Waals surface area contributed by atoms with E-state index in [1.807, 2.05) is 0 Å². The van der Waals surface area contributed by atoms with Gasteiger partial charge in [0.05, 0.1) is 23.0 Å². The Kier molecular flexibility index (Phi) is 6.23. The molecule has 2 N–H and O–H groups in total. The summed E-state index contributed by atoms with van der Waals surface area (Å²) in [6.45, 7) is 0. The fourth-order valence-electron chi connectivity index (χ4n) is 2.96. The summed E-state index contributed by atoms with van der Waals surface area (Å²) in [6.07, 6.45) is 1.12. The fraction of sp³-hybridized carbons (Fsp3) is 0.389. The Morgan fingerprint density at radius 3 is 2.46 bits per heavy atom. The van der Waals surface area contributed by atoms with Crippen LogP contribution in [-0.4, -0.2) is 28.1 Å². The van der Waals surface area contributed by atoms with Gasteiger partial charge in [0.2, 0.25) is 0 Å². The molecule has 28 heavy (non-hydrogen) atoms. The Balaban J connectivity index is 1.45. The quantitative estimate of drug-likeness (QED) is 0.762. The van der Waals surface area contributed by atoms with Gasteiger partial charge in [0.1, 0.15) is 6.10 Å². The molecule has 0 unspecified atom stereocenters. The van der Waals surface area contributed by atoms with Gasteiger partial charge in [0.25, 0.3) is 0 Å². The van der Waals surface area contributed by atoms with Crippen LogP contribution >= 0.6 is 11.6 Å². The molecular formula is C18H18ClF3N4O2. The van der Waals surface area contributed by atoms with Crippen molar-refractivity contribution < 1.29 is 22.7 Å². The minimum Gasteiger partial charge on any atom is -0.460 e. The van der Waals surface area contributed by atoms with E-state index in [0.717, 1.165) is 12.1 Å². The molecule has 6 nitrogen and oxygen atoms in total. The van der Waals surface area contributed by atoms with Gasteiger partial charge in [0.15, 0.2) is 0 Å². The van der Waals surface area contributed by atoms with Gasteiger partial charge in [-0.2, -0.15) is 13.2 Å². The zero-order valence-corrected chi connectivity index (χ0v) is 15.4. The molecule has 2 amide bonds. The summed E-state index contributed by atoms with van der Waals surface area (Å²) in [7, 11) is 0. The number of benzene rings is 1. The van der Waals surface area contributed by atoms with Gasteiger partial charge in [-0.15, -0.1) is 0 Å². The Morgan fingerprint density at radius 1 is 1.14 bits per heavy atom. The summed E-state index contributed by atoms with van der Waals surface area (Å²) in [5.74, 6) is 0. The number of nitrogens with zero attached hydrogens (tertiary/aromatic N) is 2. The molecule has 1 fully saturated rings. The van der Waals surface area contributed by atoms with E-state index >= 15 is 0 Å². The Labute approximate surface area is 164 Å². The summed E-state index contributed by atoms with van der Waals surface area (Å²) >= 11 is 5.73. The van der Waals surface area contributed by atoms with Crippen LogP contribution in [0.4, 0.5) is 23.7 Å². The van der Waals surface area contributed by atoms with Crippen molar-refractivity contribution in [3.63, 3.8) is 0 Å². The molecule has 0 atom stereocenters. The van der Waals surface area contributed by atoms with Gasteiger partial charge in [-0.25, -0.2) is 14.8 Å². The van der Waals surface area contributed by atoms with Gasteiger partial charge in [0, 0.05) is 11.7 Å². The molecule has 150 valence electrons. The van der Waals surface area contributed by atoms with Crippen molar-refractivity contribution in [2.75, 3.05) is 5.32 Å². The first-order valence-corrected chi connectivity index (χ1v) is 9.06. The van der Waals surface area contributed by atoms with Crippen LogP contribution in [0.3, 0.4) is 0 Å². The number of hydrogen-bond acceptors (Lipinski definition) is 4. The third-order valence-corrected chi connectivity index (χ3v) is 4.52. The SMILES string of the molecule is O=C(Nc1cccc(C(F)(F)F)c1)NC1CCC(Oc2ncc(Cl)cn2)CC1. The Bertz CT molecular complexity index is 809. The predicted octanol–water partition coefficient (Wildman–Crippen LogP) is 4.66. The monoisotopic (exact) mass is 414 g/mol. The largest absolute Gasteiger partial charge is 0.460 e. The molecule has 2 aromatic rings. The number of carbonyl (C=O) groups excluding carboxylic acids is 1. The molecule has 0 bridgehead atoms. The third-order valence-electron chi connectivity index (χ3n) is 4.33. The zero-order valence-electron chi connectivity index (χ0n) is 14.7. The van der Waals surface area contributed by atoms with Crippen molar-refractivity contribution in [3.05, 3.63) is 47.2 Å². The lowest BCUT2D eigenvalue weighted by atomic mass is 9.93. The van der Waals surface area contributed by atoms with Crippen LogP contribution in [-0.2, 0) is 6.18 Å². The van der Waals surface area contributed by atoms with Gasteiger partial charge >= 0.3 is 18.2 Å². The lowest BCUT2D eigenvalue weighted by molar-refractivity contribution is -0.137. The number of alkyl halides is 3. The van der Waals surface area contributed by atoms with Gasteiger partial charge in [-0.05, 0) is 43.9 Å². The predicted molar refractivity (Wildman–Crippen MR) is 97.3 cm³/mol. The standard InChI is InChI=1S/C18H18ClF3N4O2/c19-12-9-23-17(24-10-12)28-15-6-4-13(5-7-15)25-16(27)26-14-3-1-2-11(8-14)18(20,21)22/h1-3,8-10,13,15H,4-7H2,(H2,25,26,27). The minimum atomic E-state index is -4.46. The maximum Gasteiger partial charge on any atom is 0.416 e. The molecule has 1 saturated carbocycles. The van der Waals surface area contributed by atoms with Crippen molar-refractivity contribution in [2.45, 2.75) is 44.0 Å². The van der Waals surface area contributed by atoms with Crippen LogP contribution in [0.1, 0.15) is 31.2 Å². The van der Waals surface area contributed by atoms with E-state index in [9.17, 15) is 18.0 Å². The number of ether oxygens (including phenoxy) is 1. The van der Waals surface area contributed by atoms with Crippen LogP contribution in [0, 0.1) is 0 Å². The molecule has 1 aliphatic carbocycles. The van der Waals surface area contributed by atoms with Crippen LogP contribution in [0.25, 0.3) is 0 Å². The first kappa shape index (κ1) is 20.2. The lowest BCUT2D eigenvalue weighted by Gasteiger charge is -2.28. The maximum absolute atomic E-state index is 12.7. The summed E-state index contributed by atoms with van der Waals surface area (Å²) in [6, 6.07) is 4.14. The summed E-state index contributed by atoms with van der Waals surface area (Å²) in [4.78, 5) is 20.1. The topological polar surface area (TPSA) is 76.1 Å². The van der Waals surface area contributed by atoms with Crippen molar-refractivity contribution >= 4 is 23.3 Å². The number of halogens is 4.